The molecule has 2 fully saturated rings. The Morgan fingerprint density at radius 2 is 1.11 bits per heavy atom. The van der Waals surface area contributed by atoms with Crippen LogP contribution in [0.15, 0.2) is 12.4 Å². The minimum Gasteiger partial charge on any atom is -1.00 e. The number of ether oxygens (including phenoxy) is 3. The molecule has 26 heteroatoms. The molecule has 2 saturated heterocycles. The van der Waals surface area contributed by atoms with Gasteiger partial charge in [-0.2, -0.15) is 15.0 Å². The van der Waals surface area contributed by atoms with Gasteiger partial charge in [-0.25, -0.2) is 9.36 Å². The smallest absolute Gasteiger partial charge is 0.338 e. The van der Waals surface area contributed by atoms with Crippen LogP contribution in [-0.2, 0) is 36.6 Å². The van der Waals surface area contributed by atoms with Gasteiger partial charge in [0.15, 0.2) is 0 Å². The maximum Gasteiger partial charge on any atom is 0.338 e. The highest BCUT2D eigenvalue weighted by Crippen LogP contribution is 2.27. The topological polar surface area (TPSA) is 319 Å². The second-order valence-electron chi connectivity index (χ2n) is 17.3. The molecule has 3 aromatic rings. The molecule has 0 bridgehead atoms. The molecule has 388 valence electrons. The van der Waals surface area contributed by atoms with Crippen LogP contribution in [-0.4, -0.2) is 190 Å². The van der Waals surface area contributed by atoms with Gasteiger partial charge in [-0.15, -0.1) is 16.6 Å². The zero-order valence-electron chi connectivity index (χ0n) is 41.3. The Balaban J connectivity index is 0.0000107. The van der Waals surface area contributed by atoms with Crippen molar-refractivity contribution in [1.29, 1.82) is 0 Å². The maximum atomic E-state index is 14.2. The first-order valence-electron chi connectivity index (χ1n) is 24.2. The summed E-state index contributed by atoms with van der Waals surface area (Å²) in [4.78, 5) is 57.0. The van der Waals surface area contributed by atoms with E-state index in [1.807, 2.05) is 22.2 Å². The minimum absolute atomic E-state index is 0. The van der Waals surface area contributed by atoms with E-state index in [-0.39, 0.29) is 54.6 Å². The van der Waals surface area contributed by atoms with Gasteiger partial charge in [0, 0.05) is 71.3 Å². The number of aromatic nitrogens is 9. The van der Waals surface area contributed by atoms with Crippen LogP contribution in [0, 0.1) is 24.2 Å². The number of halogens is 1. The summed E-state index contributed by atoms with van der Waals surface area (Å²) in [6, 6.07) is -0.993. The van der Waals surface area contributed by atoms with Gasteiger partial charge in [0.1, 0.15) is 18.7 Å². The summed E-state index contributed by atoms with van der Waals surface area (Å²) in [6.45, 7) is 16.2. The minimum atomic E-state index is -0.496. The van der Waals surface area contributed by atoms with E-state index in [9.17, 15) is 9.59 Å². The van der Waals surface area contributed by atoms with E-state index in [1.165, 1.54) is 0 Å². The van der Waals surface area contributed by atoms with E-state index in [0.29, 0.717) is 136 Å². The Morgan fingerprint density at radius 1 is 0.686 bits per heavy atom. The summed E-state index contributed by atoms with van der Waals surface area (Å²) in [7, 11) is 0. The van der Waals surface area contributed by atoms with Crippen molar-refractivity contribution in [2.45, 2.75) is 78.3 Å². The molecule has 4 atom stereocenters. The molecular formula is C44H76ClN20O5+. The molecule has 2 aliphatic heterocycles. The SMILES string of the molecule is C#CCOCCOCCOCCNc1nc(N2CCN(C(=O)[C@H]([C@@H](C)CC)n3cc(CCC[NH+]=C(N)N)nn3)CC2)nc(N2CCN(C(=O)[C@H]([C@@H](C)CC)n3cc(CCC[NH+]=C(N)N)nn3)CC2)n1.[Cl-]. The van der Waals surface area contributed by atoms with Gasteiger partial charge in [-0.3, -0.25) is 42.5 Å². The molecule has 5 rings (SSSR count). The van der Waals surface area contributed by atoms with Crippen molar-refractivity contribution in [3.63, 3.8) is 0 Å². The number of carbonyl (C=O) groups is 2. The highest BCUT2D eigenvalue weighted by molar-refractivity contribution is 5.81. The number of terminal acetylenes is 1. The fourth-order valence-electron chi connectivity index (χ4n) is 7.96. The van der Waals surface area contributed by atoms with Crippen LogP contribution < -0.4 is 60.4 Å². The molecule has 0 aliphatic carbocycles. The van der Waals surface area contributed by atoms with Gasteiger partial charge in [-0.05, 0) is 37.5 Å². The summed E-state index contributed by atoms with van der Waals surface area (Å²) in [6.07, 6.45) is 13.4. The largest absolute Gasteiger partial charge is 1.00 e. The Bertz CT molecular complexity index is 2000. The van der Waals surface area contributed by atoms with Gasteiger partial charge in [0.25, 0.3) is 0 Å². The highest BCUT2D eigenvalue weighted by Gasteiger charge is 2.36. The molecule has 2 amide bonds. The molecule has 2 aliphatic rings. The van der Waals surface area contributed by atoms with Crippen molar-refractivity contribution in [1.82, 2.24) is 54.7 Å². The number of carbonyl (C=O) groups excluding carboxylic acids is 2. The number of nitrogens with two attached hydrogens (primary N) is 4. The number of nitrogens with zero attached hydrogens (tertiary/aromatic N) is 13. The lowest BCUT2D eigenvalue weighted by Crippen LogP contribution is -3.00. The Labute approximate surface area is 417 Å². The van der Waals surface area contributed by atoms with E-state index in [1.54, 1.807) is 9.36 Å². The van der Waals surface area contributed by atoms with Crippen molar-refractivity contribution in [2.75, 3.05) is 127 Å². The van der Waals surface area contributed by atoms with Gasteiger partial charge in [0.2, 0.25) is 29.7 Å². The lowest BCUT2D eigenvalue weighted by molar-refractivity contribution is -0.460. The van der Waals surface area contributed by atoms with Crippen molar-refractivity contribution in [3.8, 4) is 12.3 Å². The molecule has 0 unspecified atom stereocenters. The van der Waals surface area contributed by atoms with E-state index in [4.69, 9.17) is 58.5 Å². The molecule has 25 nitrogen and oxygen atoms in total. The van der Waals surface area contributed by atoms with Crippen LogP contribution in [0.5, 0.6) is 0 Å². The van der Waals surface area contributed by atoms with Crippen molar-refractivity contribution in [2.24, 2.45) is 34.8 Å². The quantitative estimate of drug-likeness (QED) is 0.0147. The predicted molar refractivity (Wildman–Crippen MR) is 259 cm³/mol. The van der Waals surface area contributed by atoms with E-state index in [2.05, 4.69) is 79.3 Å². The predicted octanol–water partition coefficient (Wildman–Crippen LogP) is -7.40. The van der Waals surface area contributed by atoms with Gasteiger partial charge < -0.3 is 51.5 Å². The van der Waals surface area contributed by atoms with Crippen LogP contribution in [0.3, 0.4) is 0 Å². The first-order valence-corrected chi connectivity index (χ1v) is 24.2. The zero-order chi connectivity index (χ0) is 49.5. The third-order valence-corrected chi connectivity index (χ3v) is 12.3. The number of hydrogen-bond donors (Lipinski definition) is 7. The lowest BCUT2D eigenvalue weighted by Gasteiger charge is -2.38. The van der Waals surface area contributed by atoms with Gasteiger partial charge in [0.05, 0.1) is 57.5 Å². The second kappa shape index (κ2) is 29.8. The molecule has 11 N–H and O–H groups in total. The molecule has 0 aromatic carbocycles. The number of hydrogen-bond acceptors (Lipinski definition) is 15. The zero-order valence-corrected chi connectivity index (χ0v) is 42.1. The molecule has 0 saturated carbocycles. The number of aryl methyl sites for hydroxylation is 2. The monoisotopic (exact) mass is 1000 g/mol. The molecule has 3 aromatic heterocycles. The van der Waals surface area contributed by atoms with Crippen LogP contribution in [0.2, 0.25) is 0 Å². The summed E-state index contributed by atoms with van der Waals surface area (Å²) in [5.74, 6) is 4.24. The normalized spacial score (nSPS) is 15.6. The average Bonchev–Trinajstić information content (AvgIpc) is 4.03. The van der Waals surface area contributed by atoms with Crippen molar-refractivity contribution < 1.29 is 46.2 Å². The van der Waals surface area contributed by atoms with Crippen LogP contribution in [0.4, 0.5) is 17.8 Å². The first-order chi connectivity index (χ1) is 33.4. The van der Waals surface area contributed by atoms with Crippen molar-refractivity contribution >= 4 is 41.6 Å². The Hall–Kier alpha value is -6.10. The van der Waals surface area contributed by atoms with E-state index >= 15 is 0 Å². The molecule has 5 heterocycles. The number of anilines is 3. The average molecular weight is 1000 g/mol. The van der Waals surface area contributed by atoms with Gasteiger partial charge in [-0.1, -0.05) is 56.9 Å². The van der Waals surface area contributed by atoms with E-state index in [0.717, 1.165) is 37.1 Å². The third kappa shape index (κ3) is 17.4. The Kier molecular flexibility index (Phi) is 24.1. The number of rotatable bonds is 29. The van der Waals surface area contributed by atoms with Gasteiger partial charge >= 0.3 is 11.9 Å². The summed E-state index contributed by atoms with van der Waals surface area (Å²) in [5.41, 5.74) is 23.7. The fourth-order valence-corrected chi connectivity index (χ4v) is 7.96. The molecular weight excluding hydrogens is 924 g/mol. The summed E-state index contributed by atoms with van der Waals surface area (Å²) in [5, 5.41) is 20.9. The van der Waals surface area contributed by atoms with Crippen LogP contribution >= 0.6 is 0 Å². The molecule has 70 heavy (non-hydrogen) atoms. The number of guanidine groups is 2. The number of piperazine rings is 2. The fraction of sp³-hybridized carbons (Fsp3) is 0.705. The first kappa shape index (κ1) is 56.5. The standard InChI is InChI=1S/C44H74N20O5.ClH/c1-6-24-67-26-28-69-29-27-68-25-15-51-42-52-43(61-20-16-59(17-21-61)38(65)36(32(4)7-2)63-30-34(55-57-63)11-9-13-49-40(45)46)54-44(53-42)62-22-18-60(19-23-62)39(66)37(33(5)8-3)64-31-35(56-58-64)12-10-14-50-41(47)48;/h1,30-33,36-37H,7-29H2,2-5H3,(H4,45,46,49)(H4,47,48,50)(H,51,52,53,54);1H/p+1/t32-,33-,36-,37-;/m0./s1. The Morgan fingerprint density at radius 3 is 1.53 bits per heavy atom. The van der Waals surface area contributed by atoms with Crippen LogP contribution in [0.1, 0.15) is 76.8 Å². The lowest BCUT2D eigenvalue weighted by atomic mass is 9.97. The van der Waals surface area contributed by atoms with Crippen LogP contribution in [0.25, 0.3) is 0 Å². The summed E-state index contributed by atoms with van der Waals surface area (Å²) < 4.78 is 20.0. The molecule has 0 spiro atoms. The molecule has 0 radical (unpaired) electrons. The number of amides is 2. The maximum absolute atomic E-state index is 14.2. The summed E-state index contributed by atoms with van der Waals surface area (Å²) >= 11 is 0. The van der Waals surface area contributed by atoms with Crippen molar-refractivity contribution in [3.05, 3.63) is 23.8 Å². The number of nitrogens with one attached hydrogen (secondary N) is 3. The second-order valence-corrected chi connectivity index (χ2v) is 17.3. The third-order valence-electron chi connectivity index (χ3n) is 12.3. The van der Waals surface area contributed by atoms with E-state index < -0.39 is 12.1 Å². The highest BCUT2D eigenvalue weighted by atomic mass is 35.5.